The van der Waals surface area contributed by atoms with E-state index in [0.717, 1.165) is 10.6 Å². The van der Waals surface area contributed by atoms with E-state index in [1.807, 2.05) is 31.2 Å². The molecule has 0 aromatic heterocycles. The second-order valence-electron chi connectivity index (χ2n) is 5.96. The first-order chi connectivity index (χ1) is 9.85. The maximum Gasteiger partial charge on any atom is 0.233 e. The molecule has 0 aliphatic heterocycles. The summed E-state index contributed by atoms with van der Waals surface area (Å²) in [6.45, 7) is 10.5. The van der Waals surface area contributed by atoms with Crippen molar-refractivity contribution in [2.45, 2.75) is 50.8 Å². The van der Waals surface area contributed by atoms with Crippen LogP contribution in [0.4, 0.5) is 0 Å². The number of hydrogen-bond acceptors (Lipinski definition) is 3. The maximum absolute atomic E-state index is 12.3. The van der Waals surface area contributed by atoms with Gasteiger partial charge in [0.05, 0.1) is 12.4 Å². The maximum atomic E-state index is 12.3. The molecule has 1 unspecified atom stereocenters. The van der Waals surface area contributed by atoms with Crippen molar-refractivity contribution < 1.29 is 9.53 Å². The second-order valence-corrected chi connectivity index (χ2v) is 7.37. The molecule has 1 aromatic rings. The molecule has 1 aromatic carbocycles. The van der Waals surface area contributed by atoms with Crippen LogP contribution < -0.4 is 10.1 Å². The Morgan fingerprint density at radius 1 is 1.05 bits per heavy atom. The Labute approximate surface area is 132 Å². The van der Waals surface area contributed by atoms with Crippen LogP contribution in [0.15, 0.2) is 29.2 Å². The molecule has 1 N–H and O–H groups in total. The number of carbonyl (C=O) groups excluding carboxylic acids is 1. The third-order valence-corrected chi connectivity index (χ3v) is 4.60. The molecule has 0 heterocycles. The first-order valence-electron chi connectivity index (χ1n) is 7.46. The minimum Gasteiger partial charge on any atom is -0.497 e. The van der Waals surface area contributed by atoms with Gasteiger partial charge in [0.1, 0.15) is 5.75 Å². The monoisotopic (exact) mass is 309 g/mol. The van der Waals surface area contributed by atoms with Crippen molar-refractivity contribution in [2.75, 3.05) is 7.11 Å². The van der Waals surface area contributed by atoms with Crippen LogP contribution in [-0.4, -0.2) is 24.3 Å². The number of carbonyl (C=O) groups is 1. The highest BCUT2D eigenvalue weighted by Crippen LogP contribution is 2.26. The van der Waals surface area contributed by atoms with Crippen LogP contribution >= 0.6 is 11.8 Å². The van der Waals surface area contributed by atoms with E-state index < -0.39 is 0 Å². The predicted molar refractivity (Wildman–Crippen MR) is 89.9 cm³/mol. The normalized spacial score (nSPS) is 12.8. The first kappa shape index (κ1) is 17.9. The van der Waals surface area contributed by atoms with E-state index in [0.29, 0.717) is 11.8 Å². The number of nitrogens with one attached hydrogen (secondary N) is 1. The minimum atomic E-state index is -0.113. The van der Waals surface area contributed by atoms with E-state index in [9.17, 15) is 4.79 Å². The molecule has 0 aliphatic rings. The van der Waals surface area contributed by atoms with Gasteiger partial charge in [0.15, 0.2) is 0 Å². The summed E-state index contributed by atoms with van der Waals surface area (Å²) in [6.07, 6.45) is 0. The lowest BCUT2D eigenvalue weighted by atomic mass is 9.93. The van der Waals surface area contributed by atoms with Crippen LogP contribution in [0.1, 0.15) is 34.6 Å². The second kappa shape index (κ2) is 8.32. The van der Waals surface area contributed by atoms with Gasteiger partial charge in [0.2, 0.25) is 5.91 Å². The van der Waals surface area contributed by atoms with Gasteiger partial charge in [0, 0.05) is 10.9 Å². The van der Waals surface area contributed by atoms with Gasteiger partial charge in [-0.15, -0.1) is 11.8 Å². The molecule has 3 nitrogen and oxygen atoms in total. The summed E-state index contributed by atoms with van der Waals surface area (Å²) in [7, 11) is 1.65. The highest BCUT2D eigenvalue weighted by atomic mass is 32.2. The summed E-state index contributed by atoms with van der Waals surface area (Å²) in [5.41, 5.74) is 0. The van der Waals surface area contributed by atoms with Crippen LogP contribution in [-0.2, 0) is 4.79 Å². The first-order valence-corrected chi connectivity index (χ1v) is 8.34. The van der Waals surface area contributed by atoms with Crippen LogP contribution in [0.5, 0.6) is 5.75 Å². The lowest BCUT2D eigenvalue weighted by molar-refractivity contribution is -0.121. The van der Waals surface area contributed by atoms with Gasteiger partial charge in [-0.2, -0.15) is 0 Å². The number of benzene rings is 1. The van der Waals surface area contributed by atoms with E-state index in [1.165, 1.54) is 0 Å². The summed E-state index contributed by atoms with van der Waals surface area (Å²) >= 11 is 1.57. The molecule has 1 amide bonds. The molecular formula is C17H27NO2S. The Balaban J connectivity index is 2.61. The average molecular weight is 309 g/mol. The number of rotatable bonds is 7. The molecule has 1 atom stereocenters. The number of hydrogen-bond donors (Lipinski definition) is 1. The summed E-state index contributed by atoms with van der Waals surface area (Å²) in [5, 5.41) is 3.06. The third kappa shape index (κ3) is 5.62. The highest BCUT2D eigenvalue weighted by molar-refractivity contribution is 8.00. The summed E-state index contributed by atoms with van der Waals surface area (Å²) in [6, 6.07) is 8.01. The van der Waals surface area contributed by atoms with E-state index >= 15 is 0 Å². The number of thioether (sulfide) groups is 1. The fourth-order valence-electron chi connectivity index (χ4n) is 2.30. The molecule has 0 saturated carbocycles. The standard InChI is InChI=1S/C17H27NO2S/c1-11(2)16(12(3)4)18-17(19)13(5)21-15-9-7-14(20-6)8-10-15/h7-13,16H,1-6H3,(H,18,19). The Morgan fingerprint density at radius 3 is 2.00 bits per heavy atom. The zero-order chi connectivity index (χ0) is 16.0. The van der Waals surface area contributed by atoms with Crippen molar-refractivity contribution in [3.05, 3.63) is 24.3 Å². The van der Waals surface area contributed by atoms with Gasteiger partial charge in [-0.05, 0) is 43.0 Å². The smallest absolute Gasteiger partial charge is 0.233 e. The van der Waals surface area contributed by atoms with E-state index in [1.54, 1.807) is 18.9 Å². The Bertz CT molecular complexity index is 435. The van der Waals surface area contributed by atoms with E-state index in [4.69, 9.17) is 4.74 Å². The van der Waals surface area contributed by atoms with Crippen molar-refractivity contribution in [3.8, 4) is 5.75 Å². The highest BCUT2D eigenvalue weighted by Gasteiger charge is 2.23. The molecule has 0 aliphatic carbocycles. The van der Waals surface area contributed by atoms with Crippen molar-refractivity contribution in [3.63, 3.8) is 0 Å². The van der Waals surface area contributed by atoms with Crippen LogP contribution in [0.2, 0.25) is 0 Å². The van der Waals surface area contributed by atoms with Gasteiger partial charge in [-0.1, -0.05) is 27.7 Å². The summed E-state index contributed by atoms with van der Waals surface area (Å²) in [5.74, 6) is 1.80. The fraction of sp³-hybridized carbons (Fsp3) is 0.588. The SMILES string of the molecule is COc1ccc(SC(C)C(=O)NC(C(C)C)C(C)C)cc1. The van der Waals surface area contributed by atoms with E-state index in [2.05, 4.69) is 33.0 Å². The molecule has 1 rings (SSSR count). The molecular weight excluding hydrogens is 282 g/mol. The predicted octanol–water partition coefficient (Wildman–Crippen LogP) is 3.97. The Morgan fingerprint density at radius 2 is 1.57 bits per heavy atom. The number of methoxy groups -OCH3 is 1. The zero-order valence-corrected chi connectivity index (χ0v) is 14.7. The molecule has 118 valence electrons. The summed E-state index contributed by atoms with van der Waals surface area (Å²) in [4.78, 5) is 13.4. The third-order valence-electron chi connectivity index (χ3n) is 3.49. The van der Waals surface area contributed by atoms with Crippen molar-refractivity contribution in [2.24, 2.45) is 11.8 Å². The van der Waals surface area contributed by atoms with Crippen LogP contribution in [0.25, 0.3) is 0 Å². The number of amides is 1. The quantitative estimate of drug-likeness (QED) is 0.774. The molecule has 21 heavy (non-hydrogen) atoms. The summed E-state index contributed by atoms with van der Waals surface area (Å²) < 4.78 is 5.14. The van der Waals surface area contributed by atoms with Crippen molar-refractivity contribution in [1.29, 1.82) is 0 Å². The lowest BCUT2D eigenvalue weighted by Gasteiger charge is -2.27. The molecule has 0 bridgehead atoms. The van der Waals surface area contributed by atoms with Crippen molar-refractivity contribution >= 4 is 17.7 Å². The van der Waals surface area contributed by atoms with Gasteiger partial charge >= 0.3 is 0 Å². The van der Waals surface area contributed by atoms with Crippen LogP contribution in [0.3, 0.4) is 0 Å². The van der Waals surface area contributed by atoms with Crippen LogP contribution in [0, 0.1) is 11.8 Å². The lowest BCUT2D eigenvalue weighted by Crippen LogP contribution is -2.45. The molecule has 0 spiro atoms. The molecule has 0 saturated heterocycles. The van der Waals surface area contributed by atoms with E-state index in [-0.39, 0.29) is 17.2 Å². The Kier molecular flexibility index (Phi) is 7.09. The number of ether oxygens (including phenoxy) is 1. The van der Waals surface area contributed by atoms with Gasteiger partial charge < -0.3 is 10.1 Å². The van der Waals surface area contributed by atoms with Crippen molar-refractivity contribution in [1.82, 2.24) is 5.32 Å². The van der Waals surface area contributed by atoms with Gasteiger partial charge in [-0.3, -0.25) is 4.79 Å². The van der Waals surface area contributed by atoms with Gasteiger partial charge in [-0.25, -0.2) is 0 Å². The topological polar surface area (TPSA) is 38.3 Å². The minimum absolute atomic E-state index is 0.100. The fourth-order valence-corrected chi connectivity index (χ4v) is 3.17. The average Bonchev–Trinajstić information content (AvgIpc) is 2.44. The molecule has 0 fully saturated rings. The molecule has 4 heteroatoms. The largest absolute Gasteiger partial charge is 0.497 e. The zero-order valence-electron chi connectivity index (χ0n) is 13.8. The Hall–Kier alpha value is -1.16. The molecule has 0 radical (unpaired) electrons. The van der Waals surface area contributed by atoms with Gasteiger partial charge in [0.25, 0.3) is 0 Å².